The van der Waals surface area contributed by atoms with Crippen LogP contribution < -0.4 is 10.6 Å². The predicted molar refractivity (Wildman–Crippen MR) is 77.2 cm³/mol. The highest BCUT2D eigenvalue weighted by Gasteiger charge is 2.12. The van der Waals surface area contributed by atoms with Gasteiger partial charge < -0.3 is 15.7 Å². The summed E-state index contributed by atoms with van der Waals surface area (Å²) in [5, 5.41) is 14.8. The minimum Gasteiger partial charge on any atom is -0.387 e. The fourth-order valence-electron chi connectivity index (χ4n) is 2.56. The fourth-order valence-corrected chi connectivity index (χ4v) is 2.56. The maximum Gasteiger partial charge on any atom is 0.250 e. The molecule has 1 fully saturated rings. The van der Waals surface area contributed by atoms with E-state index in [0.29, 0.717) is 5.69 Å². The van der Waals surface area contributed by atoms with Crippen LogP contribution in [0.15, 0.2) is 24.3 Å². The van der Waals surface area contributed by atoms with E-state index in [1.165, 1.54) is 32.1 Å². The summed E-state index contributed by atoms with van der Waals surface area (Å²) in [5.41, 5.74) is 1.73. The Morgan fingerprint density at radius 3 is 2.68 bits per heavy atom. The second-order valence-corrected chi connectivity index (χ2v) is 5.17. The zero-order valence-electron chi connectivity index (χ0n) is 11.2. The molecule has 1 aromatic carbocycles. The molecule has 4 heteroatoms. The van der Waals surface area contributed by atoms with Gasteiger partial charge in [0.2, 0.25) is 5.91 Å². The molecule has 3 N–H and O–H groups in total. The summed E-state index contributed by atoms with van der Waals surface area (Å²) in [7, 11) is 0. The van der Waals surface area contributed by atoms with E-state index in [2.05, 4.69) is 10.6 Å². The lowest BCUT2D eigenvalue weighted by Gasteiger charge is -2.22. The zero-order chi connectivity index (χ0) is 13.5. The maximum absolute atomic E-state index is 11.1. The molecule has 19 heavy (non-hydrogen) atoms. The van der Waals surface area contributed by atoms with Crippen molar-refractivity contribution in [3.63, 3.8) is 0 Å². The quantitative estimate of drug-likeness (QED) is 0.764. The number of benzene rings is 1. The van der Waals surface area contributed by atoms with E-state index in [4.69, 9.17) is 5.11 Å². The van der Waals surface area contributed by atoms with Crippen molar-refractivity contribution in [1.29, 1.82) is 0 Å². The van der Waals surface area contributed by atoms with Crippen LogP contribution in [0.4, 0.5) is 11.4 Å². The minimum atomic E-state index is -0.486. The summed E-state index contributed by atoms with van der Waals surface area (Å²) in [5.74, 6) is 0.383. The molecule has 0 aromatic heterocycles. The summed E-state index contributed by atoms with van der Waals surface area (Å²) in [4.78, 5) is 11.1. The van der Waals surface area contributed by atoms with Crippen LogP contribution in [-0.4, -0.2) is 24.2 Å². The number of hydrogen-bond donors (Lipinski definition) is 3. The molecule has 104 valence electrons. The van der Waals surface area contributed by atoms with Crippen molar-refractivity contribution in [1.82, 2.24) is 0 Å². The number of nitrogens with one attached hydrogen (secondary N) is 2. The molecule has 2 rings (SSSR count). The van der Waals surface area contributed by atoms with E-state index >= 15 is 0 Å². The third-order valence-corrected chi connectivity index (χ3v) is 3.61. The summed E-state index contributed by atoms with van der Waals surface area (Å²) in [6.07, 6.45) is 6.69. The molecule has 1 saturated carbocycles. The highest BCUT2D eigenvalue weighted by Crippen LogP contribution is 2.24. The highest BCUT2D eigenvalue weighted by molar-refractivity contribution is 5.91. The number of anilines is 2. The first-order valence-corrected chi connectivity index (χ1v) is 7.02. The van der Waals surface area contributed by atoms with Crippen molar-refractivity contribution in [3.8, 4) is 0 Å². The van der Waals surface area contributed by atoms with Gasteiger partial charge in [-0.25, -0.2) is 0 Å². The number of aliphatic hydroxyl groups is 1. The average molecular weight is 262 g/mol. The molecule has 0 heterocycles. The van der Waals surface area contributed by atoms with Crippen molar-refractivity contribution in [3.05, 3.63) is 24.3 Å². The van der Waals surface area contributed by atoms with Crippen LogP contribution in [0.2, 0.25) is 0 Å². The Hall–Kier alpha value is -1.55. The van der Waals surface area contributed by atoms with Gasteiger partial charge in [0.15, 0.2) is 0 Å². The Morgan fingerprint density at radius 1 is 1.21 bits per heavy atom. The van der Waals surface area contributed by atoms with Crippen LogP contribution >= 0.6 is 0 Å². The molecule has 0 unspecified atom stereocenters. The Bertz CT molecular complexity index is 414. The fraction of sp³-hybridized carbons (Fsp3) is 0.533. The number of aliphatic hydroxyl groups excluding tert-OH is 1. The van der Waals surface area contributed by atoms with E-state index in [1.807, 2.05) is 24.3 Å². The number of rotatable bonds is 5. The molecular formula is C15H22N2O2. The summed E-state index contributed by atoms with van der Waals surface area (Å²) < 4.78 is 0. The van der Waals surface area contributed by atoms with Gasteiger partial charge in [0.25, 0.3) is 0 Å². The molecule has 0 spiro atoms. The Kier molecular flexibility index (Phi) is 5.21. The average Bonchev–Trinajstić information content (AvgIpc) is 2.46. The number of carbonyl (C=O) groups is 1. The third-order valence-electron chi connectivity index (χ3n) is 3.61. The van der Waals surface area contributed by atoms with Crippen molar-refractivity contribution >= 4 is 17.3 Å². The van der Waals surface area contributed by atoms with Crippen LogP contribution in [0.1, 0.15) is 32.1 Å². The predicted octanol–water partition coefficient (Wildman–Crippen LogP) is 2.61. The number of amides is 1. The van der Waals surface area contributed by atoms with Gasteiger partial charge in [0.05, 0.1) is 0 Å². The van der Waals surface area contributed by atoms with Crippen LogP contribution in [-0.2, 0) is 4.79 Å². The standard InChI is InChI=1S/C15H22N2O2/c18-11-15(19)17-14-8-4-7-13(9-14)16-10-12-5-2-1-3-6-12/h4,7-9,12,16,18H,1-3,5-6,10-11H2,(H,17,19). The van der Waals surface area contributed by atoms with Crippen molar-refractivity contribution in [2.45, 2.75) is 32.1 Å². The van der Waals surface area contributed by atoms with E-state index in [1.54, 1.807) is 0 Å². The Labute approximate surface area is 114 Å². The topological polar surface area (TPSA) is 61.4 Å². The molecule has 1 aliphatic rings. The molecule has 1 amide bonds. The molecule has 4 nitrogen and oxygen atoms in total. The van der Waals surface area contributed by atoms with E-state index in [-0.39, 0.29) is 5.91 Å². The van der Waals surface area contributed by atoms with Gasteiger partial charge >= 0.3 is 0 Å². The Balaban J connectivity index is 1.85. The monoisotopic (exact) mass is 262 g/mol. The van der Waals surface area contributed by atoms with Gasteiger partial charge in [-0.1, -0.05) is 25.3 Å². The maximum atomic E-state index is 11.1. The first-order valence-electron chi connectivity index (χ1n) is 7.02. The van der Waals surface area contributed by atoms with Crippen LogP contribution in [0, 0.1) is 5.92 Å². The SMILES string of the molecule is O=C(CO)Nc1cccc(NCC2CCCCC2)c1. The molecule has 1 aromatic rings. The Morgan fingerprint density at radius 2 is 1.95 bits per heavy atom. The summed E-state index contributed by atoms with van der Waals surface area (Å²) in [6, 6.07) is 7.61. The van der Waals surface area contributed by atoms with Crippen molar-refractivity contribution in [2.75, 3.05) is 23.8 Å². The lowest BCUT2D eigenvalue weighted by atomic mass is 9.89. The summed E-state index contributed by atoms with van der Waals surface area (Å²) >= 11 is 0. The van der Waals surface area contributed by atoms with Gasteiger partial charge in [-0.2, -0.15) is 0 Å². The molecule has 0 bridgehead atoms. The zero-order valence-corrected chi connectivity index (χ0v) is 11.2. The lowest BCUT2D eigenvalue weighted by Crippen LogP contribution is -2.18. The van der Waals surface area contributed by atoms with Gasteiger partial charge in [-0.05, 0) is 37.0 Å². The van der Waals surface area contributed by atoms with E-state index in [9.17, 15) is 4.79 Å². The lowest BCUT2D eigenvalue weighted by molar-refractivity contribution is -0.118. The highest BCUT2D eigenvalue weighted by atomic mass is 16.3. The van der Waals surface area contributed by atoms with Crippen molar-refractivity contribution < 1.29 is 9.90 Å². The first-order chi connectivity index (χ1) is 9.28. The minimum absolute atomic E-state index is 0.385. The second kappa shape index (κ2) is 7.14. The first kappa shape index (κ1) is 13.9. The molecule has 1 aliphatic carbocycles. The molecule has 0 radical (unpaired) electrons. The number of carbonyl (C=O) groups excluding carboxylic acids is 1. The van der Waals surface area contributed by atoms with Crippen LogP contribution in [0.3, 0.4) is 0 Å². The smallest absolute Gasteiger partial charge is 0.250 e. The van der Waals surface area contributed by atoms with E-state index < -0.39 is 6.61 Å². The van der Waals surface area contributed by atoms with Gasteiger partial charge in [0, 0.05) is 17.9 Å². The second-order valence-electron chi connectivity index (χ2n) is 5.17. The molecule has 0 saturated heterocycles. The van der Waals surface area contributed by atoms with Crippen molar-refractivity contribution in [2.24, 2.45) is 5.92 Å². The third kappa shape index (κ3) is 4.56. The van der Waals surface area contributed by atoms with Gasteiger partial charge in [0.1, 0.15) is 6.61 Å². The van der Waals surface area contributed by atoms with Gasteiger partial charge in [-0.15, -0.1) is 0 Å². The summed E-state index contributed by atoms with van der Waals surface area (Å²) in [6.45, 7) is 0.511. The number of hydrogen-bond acceptors (Lipinski definition) is 3. The normalized spacial score (nSPS) is 16.1. The largest absolute Gasteiger partial charge is 0.387 e. The van der Waals surface area contributed by atoms with E-state index in [0.717, 1.165) is 18.2 Å². The molecular weight excluding hydrogens is 240 g/mol. The van der Waals surface area contributed by atoms with Crippen LogP contribution in [0.25, 0.3) is 0 Å². The van der Waals surface area contributed by atoms with Crippen LogP contribution in [0.5, 0.6) is 0 Å². The molecule has 0 atom stereocenters. The molecule has 0 aliphatic heterocycles. The van der Waals surface area contributed by atoms with Gasteiger partial charge in [-0.3, -0.25) is 4.79 Å².